The van der Waals surface area contributed by atoms with E-state index in [0.29, 0.717) is 16.1 Å². The molecule has 2 aromatic rings. The normalized spacial score (nSPS) is 17.5. The maximum absolute atomic E-state index is 12.6. The fourth-order valence-corrected chi connectivity index (χ4v) is 3.43. The summed E-state index contributed by atoms with van der Waals surface area (Å²) in [7, 11) is 0. The number of nitrogens with zero attached hydrogens (tertiary/aromatic N) is 1. The van der Waals surface area contributed by atoms with Gasteiger partial charge in [0, 0.05) is 28.4 Å². The second kappa shape index (κ2) is 6.73. The van der Waals surface area contributed by atoms with Gasteiger partial charge < -0.3 is 10.0 Å². The highest BCUT2D eigenvalue weighted by atomic mass is 35.5. The van der Waals surface area contributed by atoms with Crippen LogP contribution < -0.4 is 4.90 Å². The molecule has 1 heterocycles. The zero-order valence-electron chi connectivity index (χ0n) is 13.1. The van der Waals surface area contributed by atoms with E-state index in [9.17, 15) is 9.90 Å². The first-order chi connectivity index (χ1) is 11.1. The molecule has 1 atom stereocenters. The van der Waals surface area contributed by atoms with Crippen LogP contribution in [0.3, 0.4) is 0 Å². The molecule has 0 aromatic heterocycles. The number of benzene rings is 2. The van der Waals surface area contributed by atoms with E-state index >= 15 is 0 Å². The first-order valence-electron chi connectivity index (χ1n) is 7.88. The molecule has 1 aliphatic rings. The van der Waals surface area contributed by atoms with Crippen LogP contribution in [-0.2, 0) is 0 Å². The average molecular weight is 330 g/mol. The van der Waals surface area contributed by atoms with E-state index in [1.54, 1.807) is 18.2 Å². The second-order valence-electron chi connectivity index (χ2n) is 6.01. The van der Waals surface area contributed by atoms with Crippen molar-refractivity contribution < 1.29 is 9.90 Å². The number of hydrogen-bond donors (Lipinski definition) is 1. The first-order valence-corrected chi connectivity index (χ1v) is 8.26. The van der Waals surface area contributed by atoms with Gasteiger partial charge >= 0.3 is 0 Å². The number of ketones is 1. The summed E-state index contributed by atoms with van der Waals surface area (Å²) in [4.78, 5) is 14.8. The summed E-state index contributed by atoms with van der Waals surface area (Å²) in [5, 5.41) is 10.1. The molecule has 0 bridgehead atoms. The monoisotopic (exact) mass is 329 g/mol. The number of halogens is 1. The van der Waals surface area contributed by atoms with Crippen LogP contribution in [0.1, 0.15) is 34.3 Å². The maximum Gasteiger partial charge on any atom is 0.193 e. The lowest BCUT2D eigenvalue weighted by Crippen LogP contribution is -2.31. The van der Waals surface area contributed by atoms with Crippen molar-refractivity contribution in [3.63, 3.8) is 0 Å². The Bertz CT molecular complexity index is 712. The number of aliphatic hydroxyl groups is 1. The smallest absolute Gasteiger partial charge is 0.193 e. The van der Waals surface area contributed by atoms with E-state index in [4.69, 9.17) is 11.6 Å². The third kappa shape index (κ3) is 3.26. The highest BCUT2D eigenvalue weighted by molar-refractivity contribution is 6.30. The lowest BCUT2D eigenvalue weighted by Gasteiger charge is -2.25. The predicted octanol–water partition coefficient (Wildman–Crippen LogP) is 3.84. The number of aliphatic hydroxyl groups excluding tert-OH is 1. The van der Waals surface area contributed by atoms with Crippen molar-refractivity contribution in [2.24, 2.45) is 0 Å². The van der Waals surface area contributed by atoms with Gasteiger partial charge in [-0.1, -0.05) is 11.6 Å². The van der Waals surface area contributed by atoms with Gasteiger partial charge in [-0.25, -0.2) is 0 Å². The number of rotatable bonds is 4. The molecule has 0 radical (unpaired) electrons. The zero-order chi connectivity index (χ0) is 16.4. The predicted molar refractivity (Wildman–Crippen MR) is 93.5 cm³/mol. The minimum Gasteiger partial charge on any atom is -0.394 e. The molecule has 3 rings (SSSR count). The highest BCUT2D eigenvalue weighted by Gasteiger charge is 2.24. The third-order valence-corrected chi connectivity index (χ3v) is 4.72. The van der Waals surface area contributed by atoms with E-state index < -0.39 is 0 Å². The van der Waals surface area contributed by atoms with Gasteiger partial charge in [-0.2, -0.15) is 0 Å². The van der Waals surface area contributed by atoms with Crippen molar-refractivity contribution in [2.75, 3.05) is 18.1 Å². The van der Waals surface area contributed by atoms with Crippen molar-refractivity contribution in [1.29, 1.82) is 0 Å². The fourth-order valence-electron chi connectivity index (χ4n) is 3.21. The second-order valence-corrected chi connectivity index (χ2v) is 6.44. The van der Waals surface area contributed by atoms with Crippen molar-refractivity contribution in [3.05, 3.63) is 64.2 Å². The van der Waals surface area contributed by atoms with Gasteiger partial charge in [0.05, 0.1) is 12.6 Å². The number of aryl methyl sites for hydroxylation is 1. The van der Waals surface area contributed by atoms with Crippen molar-refractivity contribution in [3.8, 4) is 0 Å². The number of hydrogen-bond acceptors (Lipinski definition) is 3. The van der Waals surface area contributed by atoms with E-state index in [-0.39, 0.29) is 18.4 Å². The van der Waals surface area contributed by atoms with Crippen LogP contribution in [0.5, 0.6) is 0 Å². The number of carbonyl (C=O) groups is 1. The van der Waals surface area contributed by atoms with Gasteiger partial charge in [0.25, 0.3) is 0 Å². The molecule has 0 amide bonds. The number of carbonyl (C=O) groups excluding carboxylic acids is 1. The van der Waals surface area contributed by atoms with Gasteiger partial charge in [0.1, 0.15) is 0 Å². The molecule has 1 saturated heterocycles. The van der Waals surface area contributed by atoms with E-state index in [1.165, 1.54) is 0 Å². The van der Waals surface area contributed by atoms with Crippen molar-refractivity contribution in [1.82, 2.24) is 0 Å². The SMILES string of the molecule is Cc1cc(Cl)ccc1C(=O)c1ccc(N2CCCC2CO)cc1. The molecule has 1 aliphatic heterocycles. The summed E-state index contributed by atoms with van der Waals surface area (Å²) in [6.07, 6.45) is 2.11. The fraction of sp³-hybridized carbons (Fsp3) is 0.316. The molecule has 1 unspecified atom stereocenters. The van der Waals surface area contributed by atoms with Crippen LogP contribution in [0, 0.1) is 6.92 Å². The van der Waals surface area contributed by atoms with Crippen LogP contribution >= 0.6 is 11.6 Å². The molecule has 1 N–H and O–H groups in total. The average Bonchev–Trinajstić information content (AvgIpc) is 3.03. The largest absolute Gasteiger partial charge is 0.394 e. The molecule has 23 heavy (non-hydrogen) atoms. The molecule has 0 spiro atoms. The summed E-state index contributed by atoms with van der Waals surface area (Å²) in [5.74, 6) is 0.00541. The Labute approximate surface area is 141 Å². The molecule has 2 aromatic carbocycles. The van der Waals surface area contributed by atoms with Crippen molar-refractivity contribution in [2.45, 2.75) is 25.8 Å². The minimum absolute atomic E-state index is 0.00541. The summed E-state index contributed by atoms with van der Waals surface area (Å²) in [6.45, 7) is 3.02. The van der Waals surface area contributed by atoms with Crippen LogP contribution in [0.4, 0.5) is 5.69 Å². The number of anilines is 1. The summed E-state index contributed by atoms with van der Waals surface area (Å²) < 4.78 is 0. The summed E-state index contributed by atoms with van der Waals surface area (Å²) >= 11 is 5.95. The van der Waals surface area contributed by atoms with Gasteiger partial charge in [0.15, 0.2) is 5.78 Å². The van der Waals surface area contributed by atoms with Gasteiger partial charge in [-0.15, -0.1) is 0 Å². The molecule has 1 fully saturated rings. The first kappa shape index (κ1) is 16.0. The van der Waals surface area contributed by atoms with Crippen LogP contribution in [0.25, 0.3) is 0 Å². The maximum atomic E-state index is 12.6. The molecule has 4 heteroatoms. The topological polar surface area (TPSA) is 40.5 Å². The lowest BCUT2D eigenvalue weighted by molar-refractivity contribution is 0.103. The quantitative estimate of drug-likeness (QED) is 0.866. The minimum atomic E-state index is 0.00541. The summed E-state index contributed by atoms with van der Waals surface area (Å²) in [6, 6.07) is 13.2. The lowest BCUT2D eigenvalue weighted by atomic mass is 9.99. The molecule has 0 aliphatic carbocycles. The third-order valence-electron chi connectivity index (χ3n) is 4.48. The molecular weight excluding hydrogens is 310 g/mol. The van der Waals surface area contributed by atoms with E-state index in [0.717, 1.165) is 30.6 Å². The molecule has 3 nitrogen and oxygen atoms in total. The Morgan fingerprint density at radius 1 is 1.26 bits per heavy atom. The van der Waals surface area contributed by atoms with Gasteiger partial charge in [0.2, 0.25) is 0 Å². The highest BCUT2D eigenvalue weighted by Crippen LogP contribution is 2.26. The zero-order valence-corrected chi connectivity index (χ0v) is 13.9. The van der Waals surface area contributed by atoms with E-state index in [2.05, 4.69) is 4.90 Å². The standard InChI is InChI=1S/C19H20ClNO2/c1-13-11-15(20)6-9-18(13)19(23)14-4-7-16(8-5-14)21-10-2-3-17(21)12-22/h4-9,11,17,22H,2-3,10,12H2,1H3. The molecular formula is C19H20ClNO2. The van der Waals surface area contributed by atoms with Crippen LogP contribution in [0.15, 0.2) is 42.5 Å². The molecule has 120 valence electrons. The Morgan fingerprint density at radius 3 is 2.65 bits per heavy atom. The van der Waals surface area contributed by atoms with Crippen LogP contribution in [0.2, 0.25) is 5.02 Å². The van der Waals surface area contributed by atoms with Crippen molar-refractivity contribution >= 4 is 23.1 Å². The molecule has 0 saturated carbocycles. The van der Waals surface area contributed by atoms with Crippen LogP contribution in [-0.4, -0.2) is 30.1 Å². The van der Waals surface area contributed by atoms with E-state index in [1.807, 2.05) is 31.2 Å². The van der Waals surface area contributed by atoms with Gasteiger partial charge in [-0.3, -0.25) is 4.79 Å². The Morgan fingerprint density at radius 2 is 2.00 bits per heavy atom. The summed E-state index contributed by atoms with van der Waals surface area (Å²) in [5.41, 5.74) is 3.29. The van der Waals surface area contributed by atoms with Gasteiger partial charge in [-0.05, 0) is 67.8 Å². The Hall–Kier alpha value is -1.84. The Kier molecular flexibility index (Phi) is 4.69. The Balaban J connectivity index is 1.83.